The molecule has 0 saturated carbocycles. The normalized spacial score (nSPS) is 36.9. The molecule has 2 aliphatic rings. The standard InChI is InChI=1S/C10H15F3O8S/c1-16-7-6-5(3-18-4-19-6)20-9(8(7)17-2)21-22(14,15)10(11,12)13/h5-9H,3-4H2,1-2H3/t5-,6-,7+,8+,9-/m1/s1. The maximum atomic E-state index is 12.4. The third-order valence-corrected chi connectivity index (χ3v) is 4.28. The lowest BCUT2D eigenvalue weighted by Gasteiger charge is -2.46. The molecule has 22 heavy (non-hydrogen) atoms. The molecule has 0 spiro atoms. The molecular weight excluding hydrogens is 337 g/mol. The predicted molar refractivity (Wildman–Crippen MR) is 62.0 cm³/mol. The Labute approximate surface area is 124 Å². The van der Waals surface area contributed by atoms with Gasteiger partial charge in [-0.3, -0.25) is 0 Å². The van der Waals surface area contributed by atoms with Gasteiger partial charge >= 0.3 is 15.6 Å². The molecule has 8 nitrogen and oxygen atoms in total. The number of halogens is 3. The van der Waals surface area contributed by atoms with E-state index in [9.17, 15) is 21.6 Å². The van der Waals surface area contributed by atoms with Crippen molar-refractivity contribution in [1.82, 2.24) is 0 Å². The van der Waals surface area contributed by atoms with Gasteiger partial charge in [-0.1, -0.05) is 0 Å². The van der Waals surface area contributed by atoms with Crippen molar-refractivity contribution in [3.63, 3.8) is 0 Å². The van der Waals surface area contributed by atoms with Gasteiger partial charge in [0.05, 0.1) is 6.61 Å². The summed E-state index contributed by atoms with van der Waals surface area (Å²) < 4.78 is 89.4. The summed E-state index contributed by atoms with van der Waals surface area (Å²) in [5, 5.41) is 0. The van der Waals surface area contributed by atoms with E-state index >= 15 is 0 Å². The van der Waals surface area contributed by atoms with Gasteiger partial charge in [0.25, 0.3) is 0 Å². The van der Waals surface area contributed by atoms with Crippen LogP contribution in [-0.4, -0.2) is 72.3 Å². The van der Waals surface area contributed by atoms with E-state index in [4.69, 9.17) is 23.7 Å². The summed E-state index contributed by atoms with van der Waals surface area (Å²) in [6.07, 6.45) is -5.49. The van der Waals surface area contributed by atoms with Crippen LogP contribution in [0.1, 0.15) is 0 Å². The van der Waals surface area contributed by atoms with Gasteiger partial charge in [-0.2, -0.15) is 21.6 Å². The van der Waals surface area contributed by atoms with E-state index in [1.807, 2.05) is 0 Å². The average molecular weight is 352 g/mol. The molecular formula is C10H15F3O8S. The third-order valence-electron chi connectivity index (χ3n) is 3.27. The van der Waals surface area contributed by atoms with E-state index in [1.165, 1.54) is 7.11 Å². The predicted octanol–water partition coefficient (Wildman–Crippen LogP) is -0.0196. The Bertz CT molecular complexity index is 481. The lowest BCUT2D eigenvalue weighted by Crippen LogP contribution is -2.63. The zero-order chi connectivity index (χ0) is 16.5. The van der Waals surface area contributed by atoms with Crippen molar-refractivity contribution in [2.45, 2.75) is 36.2 Å². The quantitative estimate of drug-likeness (QED) is 0.515. The van der Waals surface area contributed by atoms with Crippen LogP contribution < -0.4 is 0 Å². The number of hydrogen-bond acceptors (Lipinski definition) is 8. The molecule has 0 unspecified atom stereocenters. The Kier molecular flexibility index (Phi) is 5.31. The fraction of sp³-hybridized carbons (Fsp3) is 1.00. The van der Waals surface area contributed by atoms with Crippen molar-refractivity contribution in [3.8, 4) is 0 Å². The van der Waals surface area contributed by atoms with Gasteiger partial charge in [-0.05, 0) is 0 Å². The molecule has 0 bridgehead atoms. The topological polar surface area (TPSA) is 89.5 Å². The van der Waals surface area contributed by atoms with Crippen LogP contribution in [0.15, 0.2) is 0 Å². The summed E-state index contributed by atoms with van der Waals surface area (Å²) in [4.78, 5) is 0. The first-order valence-electron chi connectivity index (χ1n) is 6.11. The van der Waals surface area contributed by atoms with Gasteiger partial charge in [-0.25, -0.2) is 4.18 Å². The highest BCUT2D eigenvalue weighted by Crippen LogP contribution is 2.33. The highest BCUT2D eigenvalue weighted by Gasteiger charge is 2.55. The zero-order valence-electron chi connectivity index (χ0n) is 11.6. The van der Waals surface area contributed by atoms with E-state index < -0.39 is 46.3 Å². The number of hydrogen-bond donors (Lipinski definition) is 0. The van der Waals surface area contributed by atoms with E-state index in [1.54, 1.807) is 0 Å². The maximum Gasteiger partial charge on any atom is 0.523 e. The Morgan fingerprint density at radius 1 is 1.14 bits per heavy atom. The number of ether oxygens (including phenoxy) is 5. The summed E-state index contributed by atoms with van der Waals surface area (Å²) in [5.41, 5.74) is -5.58. The molecule has 12 heteroatoms. The molecule has 0 N–H and O–H groups in total. The number of methoxy groups -OCH3 is 2. The van der Waals surface area contributed by atoms with Gasteiger partial charge in [0.2, 0.25) is 6.29 Å². The minimum Gasteiger partial charge on any atom is -0.376 e. The van der Waals surface area contributed by atoms with E-state index in [-0.39, 0.29) is 13.4 Å². The molecule has 130 valence electrons. The molecule has 0 aromatic heterocycles. The highest BCUT2D eigenvalue weighted by molar-refractivity contribution is 7.87. The molecule has 5 atom stereocenters. The summed E-state index contributed by atoms with van der Waals surface area (Å²) in [6.45, 7) is -0.0555. The Balaban J connectivity index is 2.22. The Morgan fingerprint density at radius 2 is 1.77 bits per heavy atom. The van der Waals surface area contributed by atoms with Gasteiger partial charge in [-0.15, -0.1) is 0 Å². The summed E-state index contributed by atoms with van der Waals surface area (Å²) in [6, 6.07) is 0. The molecule has 0 amide bonds. The minimum atomic E-state index is -5.85. The van der Waals surface area contributed by atoms with Crippen molar-refractivity contribution in [2.24, 2.45) is 0 Å². The molecule has 0 aromatic carbocycles. The number of rotatable bonds is 4. The van der Waals surface area contributed by atoms with E-state index in [2.05, 4.69) is 4.18 Å². The fourth-order valence-corrected chi connectivity index (χ4v) is 2.79. The maximum absolute atomic E-state index is 12.4. The second-order valence-corrected chi connectivity index (χ2v) is 6.12. The molecule has 2 rings (SSSR count). The smallest absolute Gasteiger partial charge is 0.376 e. The highest BCUT2D eigenvalue weighted by atomic mass is 32.2. The summed E-state index contributed by atoms with van der Waals surface area (Å²) >= 11 is 0. The molecule has 0 aromatic rings. The fourth-order valence-electron chi connectivity index (χ4n) is 2.28. The van der Waals surface area contributed by atoms with Crippen molar-refractivity contribution in [1.29, 1.82) is 0 Å². The number of alkyl halides is 3. The molecule has 0 radical (unpaired) electrons. The first kappa shape index (κ1) is 17.8. The molecule has 2 heterocycles. The summed E-state index contributed by atoms with van der Waals surface area (Å²) in [7, 11) is -3.40. The lowest BCUT2D eigenvalue weighted by molar-refractivity contribution is -0.330. The average Bonchev–Trinajstić information content (AvgIpc) is 2.44. The monoisotopic (exact) mass is 352 g/mol. The largest absolute Gasteiger partial charge is 0.523 e. The first-order chi connectivity index (χ1) is 10.2. The van der Waals surface area contributed by atoms with Crippen LogP contribution in [0.4, 0.5) is 13.2 Å². The SMILES string of the molecule is CO[C@@H]1[C@H](OC)[C@@H](OS(=O)(=O)C(F)(F)F)O[C@@H]2COCO[C@@H]12. The summed E-state index contributed by atoms with van der Waals surface area (Å²) in [5.74, 6) is 0. The lowest BCUT2D eigenvalue weighted by atomic mass is 9.98. The van der Waals surface area contributed by atoms with Crippen LogP contribution >= 0.6 is 0 Å². The van der Waals surface area contributed by atoms with Crippen LogP contribution in [0.25, 0.3) is 0 Å². The second kappa shape index (κ2) is 6.55. The van der Waals surface area contributed by atoms with Gasteiger partial charge < -0.3 is 23.7 Å². The molecule has 2 aliphatic heterocycles. The van der Waals surface area contributed by atoms with Crippen LogP contribution in [-0.2, 0) is 38.0 Å². The first-order valence-corrected chi connectivity index (χ1v) is 7.52. The molecule has 2 fully saturated rings. The Hall–Kier alpha value is -0.500. The number of fused-ring (bicyclic) bond motifs is 1. The van der Waals surface area contributed by atoms with Gasteiger partial charge in [0, 0.05) is 14.2 Å². The van der Waals surface area contributed by atoms with Gasteiger partial charge in [0.15, 0.2) is 0 Å². The van der Waals surface area contributed by atoms with E-state index in [0.29, 0.717) is 0 Å². The molecule has 2 saturated heterocycles. The van der Waals surface area contributed by atoms with Crippen molar-refractivity contribution >= 4 is 10.1 Å². The van der Waals surface area contributed by atoms with Crippen LogP contribution in [0.5, 0.6) is 0 Å². The Morgan fingerprint density at radius 3 is 2.32 bits per heavy atom. The zero-order valence-corrected chi connectivity index (χ0v) is 12.4. The minimum absolute atomic E-state index is 0.00706. The van der Waals surface area contributed by atoms with Crippen LogP contribution in [0.2, 0.25) is 0 Å². The van der Waals surface area contributed by atoms with Crippen LogP contribution in [0.3, 0.4) is 0 Å². The molecule has 0 aliphatic carbocycles. The van der Waals surface area contributed by atoms with Crippen molar-refractivity contribution < 1.29 is 49.5 Å². The van der Waals surface area contributed by atoms with Crippen molar-refractivity contribution in [3.05, 3.63) is 0 Å². The second-order valence-electron chi connectivity index (χ2n) is 4.56. The van der Waals surface area contributed by atoms with Gasteiger partial charge in [0.1, 0.15) is 31.2 Å². The van der Waals surface area contributed by atoms with Crippen LogP contribution in [0, 0.1) is 0 Å². The third kappa shape index (κ3) is 3.37. The van der Waals surface area contributed by atoms with E-state index in [0.717, 1.165) is 7.11 Å². The van der Waals surface area contributed by atoms with Crippen molar-refractivity contribution in [2.75, 3.05) is 27.6 Å².